The molecule has 1 atom stereocenters. The van der Waals surface area contributed by atoms with Gasteiger partial charge in [-0.2, -0.15) is 5.26 Å². The maximum atomic E-state index is 14.0. The van der Waals surface area contributed by atoms with E-state index in [4.69, 9.17) is 28.9 Å². The lowest BCUT2D eigenvalue weighted by Crippen LogP contribution is -2.42. The van der Waals surface area contributed by atoms with Crippen LogP contribution in [0.1, 0.15) is 60.4 Å². The number of nitrogens with zero attached hydrogens (tertiary/aromatic N) is 2. The number of benzene rings is 3. The summed E-state index contributed by atoms with van der Waals surface area (Å²) in [5.74, 6) is 0.622. The number of hydrogen-bond donors (Lipinski definition) is 1. The Morgan fingerprint density at radius 2 is 1.66 bits per heavy atom. The predicted octanol–water partition coefficient (Wildman–Crippen LogP) is 9.15. The summed E-state index contributed by atoms with van der Waals surface area (Å²) >= 11 is 14.2. The van der Waals surface area contributed by atoms with Crippen LogP contribution in [0.2, 0.25) is 10.0 Å². The van der Waals surface area contributed by atoms with Crippen molar-refractivity contribution in [3.05, 3.63) is 115 Å². The van der Waals surface area contributed by atoms with Gasteiger partial charge >= 0.3 is 0 Å². The fourth-order valence-corrected chi connectivity index (χ4v) is 7.25. The first-order valence-corrected chi connectivity index (χ1v) is 15.3. The van der Waals surface area contributed by atoms with Crippen molar-refractivity contribution < 1.29 is 4.79 Å². The Hall–Kier alpha value is -3.17. The van der Waals surface area contributed by atoms with E-state index in [2.05, 4.69) is 45.9 Å². The van der Waals surface area contributed by atoms with Crippen LogP contribution in [-0.4, -0.2) is 5.78 Å². The number of anilines is 1. The van der Waals surface area contributed by atoms with Gasteiger partial charge in [-0.15, -0.1) is 11.8 Å². The molecule has 2 aliphatic rings. The van der Waals surface area contributed by atoms with E-state index >= 15 is 0 Å². The molecule has 1 aliphatic heterocycles. The van der Waals surface area contributed by atoms with Crippen molar-refractivity contribution >= 4 is 46.4 Å². The number of carbonyl (C=O) groups excluding carboxylic acids is 1. The molecular weight excluding hydrogens is 569 g/mol. The van der Waals surface area contributed by atoms with E-state index in [-0.39, 0.29) is 11.2 Å². The van der Waals surface area contributed by atoms with Crippen LogP contribution < -0.4 is 10.6 Å². The van der Waals surface area contributed by atoms with Gasteiger partial charge in [0.25, 0.3) is 0 Å². The number of ketones is 1. The molecule has 5 rings (SSSR count). The van der Waals surface area contributed by atoms with Crippen molar-refractivity contribution in [1.29, 1.82) is 5.26 Å². The quantitative estimate of drug-likeness (QED) is 0.295. The summed E-state index contributed by atoms with van der Waals surface area (Å²) in [5, 5.41) is 11.8. The van der Waals surface area contributed by atoms with Gasteiger partial charge < -0.3 is 5.73 Å². The highest BCUT2D eigenvalue weighted by molar-refractivity contribution is 7.98. The summed E-state index contributed by atoms with van der Waals surface area (Å²) in [6, 6.07) is 20.2. The minimum atomic E-state index is -0.533. The number of nitriles is 1. The molecule has 0 amide bonds. The predicted molar refractivity (Wildman–Crippen MR) is 170 cm³/mol. The Kier molecular flexibility index (Phi) is 8.05. The van der Waals surface area contributed by atoms with Crippen LogP contribution in [-0.2, 0) is 10.5 Å². The largest absolute Gasteiger partial charge is 0.384 e. The number of halogens is 2. The summed E-state index contributed by atoms with van der Waals surface area (Å²) in [6.45, 7) is 10.4. The van der Waals surface area contributed by atoms with Crippen LogP contribution in [0.25, 0.3) is 0 Å². The molecule has 0 aromatic heterocycles. The molecule has 210 valence electrons. The molecule has 1 unspecified atom stereocenters. The molecule has 0 bridgehead atoms. The van der Waals surface area contributed by atoms with Gasteiger partial charge in [0.1, 0.15) is 5.82 Å². The van der Waals surface area contributed by atoms with Crippen LogP contribution >= 0.6 is 35.0 Å². The number of thioether (sulfide) groups is 1. The highest BCUT2D eigenvalue weighted by Crippen LogP contribution is 2.51. The lowest BCUT2D eigenvalue weighted by atomic mass is 9.68. The van der Waals surface area contributed by atoms with Crippen LogP contribution in [0.5, 0.6) is 0 Å². The maximum Gasteiger partial charge on any atom is 0.162 e. The first-order valence-electron chi connectivity index (χ1n) is 13.6. The van der Waals surface area contributed by atoms with Gasteiger partial charge in [0.15, 0.2) is 5.78 Å². The Labute approximate surface area is 256 Å². The van der Waals surface area contributed by atoms with Gasteiger partial charge in [0.05, 0.1) is 23.2 Å². The highest BCUT2D eigenvalue weighted by Gasteiger charge is 2.45. The van der Waals surface area contributed by atoms with E-state index in [0.29, 0.717) is 39.9 Å². The monoisotopic (exact) mass is 601 g/mol. The number of Topliss-reactive ketones (excluding diaryl/α,β-unsaturated/α-hetero) is 1. The topological polar surface area (TPSA) is 70.1 Å². The molecule has 1 aliphatic carbocycles. The van der Waals surface area contributed by atoms with Gasteiger partial charge in [-0.3, -0.25) is 9.69 Å². The van der Waals surface area contributed by atoms with Crippen LogP contribution in [0.15, 0.2) is 82.2 Å². The Balaban J connectivity index is 1.68. The molecule has 3 aromatic carbocycles. The molecule has 0 fully saturated rings. The van der Waals surface area contributed by atoms with E-state index in [9.17, 15) is 10.1 Å². The number of nitrogens with two attached hydrogens (primary N) is 1. The molecular formula is C34H33Cl2N3OS. The first-order chi connectivity index (χ1) is 19.4. The van der Waals surface area contributed by atoms with Gasteiger partial charge in [-0.1, -0.05) is 55.2 Å². The molecule has 0 saturated carbocycles. The van der Waals surface area contributed by atoms with Gasteiger partial charge in [-0.25, -0.2) is 0 Å². The number of aryl methyl sites for hydroxylation is 3. The Bertz CT molecular complexity index is 1660. The molecule has 0 spiro atoms. The zero-order chi connectivity index (χ0) is 29.6. The fourth-order valence-electron chi connectivity index (χ4n) is 5.99. The molecule has 0 saturated heterocycles. The molecule has 4 nitrogen and oxygen atoms in total. The summed E-state index contributed by atoms with van der Waals surface area (Å²) < 4.78 is 0. The normalized spacial score (nSPS) is 18.4. The SMILES string of the molecule is Cc1cc(C)c(C2C(C#N)=C(N)N(c3cc(Cl)ccc3C)C3=C2C(=O)CC(C)(C)C3)cc1CSc1ccc(Cl)cc1. The van der Waals surface area contributed by atoms with E-state index in [1.165, 1.54) is 5.56 Å². The second kappa shape index (κ2) is 11.2. The van der Waals surface area contributed by atoms with Gasteiger partial charge in [0, 0.05) is 38.4 Å². The average Bonchev–Trinajstić information content (AvgIpc) is 2.90. The summed E-state index contributed by atoms with van der Waals surface area (Å²) in [4.78, 5) is 17.1. The number of allylic oxidation sites excluding steroid dienone is 3. The number of carbonyl (C=O) groups is 1. The first kappa shape index (κ1) is 29.3. The lowest BCUT2D eigenvalue weighted by molar-refractivity contribution is -0.118. The van der Waals surface area contributed by atoms with Gasteiger partial charge in [0.2, 0.25) is 0 Å². The van der Waals surface area contributed by atoms with Crippen molar-refractivity contribution in [3.63, 3.8) is 0 Å². The average molecular weight is 603 g/mol. The van der Waals surface area contributed by atoms with Crippen molar-refractivity contribution in [2.75, 3.05) is 4.90 Å². The molecule has 41 heavy (non-hydrogen) atoms. The van der Waals surface area contributed by atoms with Crippen molar-refractivity contribution in [2.45, 2.75) is 64.0 Å². The van der Waals surface area contributed by atoms with Crippen molar-refractivity contribution in [1.82, 2.24) is 0 Å². The van der Waals surface area contributed by atoms with Crippen LogP contribution in [0.4, 0.5) is 5.69 Å². The fraction of sp³-hybridized carbons (Fsp3) is 0.294. The molecule has 3 aromatic rings. The van der Waals surface area contributed by atoms with E-state index in [1.807, 2.05) is 54.3 Å². The third-order valence-electron chi connectivity index (χ3n) is 8.04. The standard InChI is InChI=1S/C34H33Cl2N3OS/c1-19-6-7-24(36)14-28(19)39-29-15-34(4,5)16-30(40)32(29)31(27(17-37)33(39)38)26-13-22(20(2)12-21(26)3)18-41-25-10-8-23(35)9-11-25/h6-14,31H,15-16,18,38H2,1-5H3. The zero-order valence-corrected chi connectivity index (χ0v) is 26.3. The van der Waals surface area contributed by atoms with Crippen LogP contribution in [0, 0.1) is 37.5 Å². The van der Waals surface area contributed by atoms with E-state index in [0.717, 1.165) is 44.3 Å². The second-order valence-electron chi connectivity index (χ2n) is 11.8. The highest BCUT2D eigenvalue weighted by atomic mass is 35.5. The van der Waals surface area contributed by atoms with Crippen molar-refractivity contribution in [3.8, 4) is 6.07 Å². The lowest BCUT2D eigenvalue weighted by Gasteiger charge is -2.44. The molecule has 7 heteroatoms. The zero-order valence-electron chi connectivity index (χ0n) is 23.9. The summed E-state index contributed by atoms with van der Waals surface area (Å²) in [6.07, 6.45) is 1.06. The van der Waals surface area contributed by atoms with Crippen LogP contribution in [0.3, 0.4) is 0 Å². The minimum absolute atomic E-state index is 0.0586. The summed E-state index contributed by atoms with van der Waals surface area (Å²) in [7, 11) is 0. The third kappa shape index (κ3) is 5.66. The van der Waals surface area contributed by atoms with Gasteiger partial charge in [-0.05, 0) is 96.8 Å². The maximum absolute atomic E-state index is 14.0. The Morgan fingerprint density at radius 3 is 2.34 bits per heavy atom. The number of rotatable bonds is 5. The molecule has 0 radical (unpaired) electrons. The second-order valence-corrected chi connectivity index (χ2v) is 13.7. The summed E-state index contributed by atoms with van der Waals surface area (Å²) in [5.41, 5.74) is 14.6. The third-order valence-corrected chi connectivity index (χ3v) is 9.58. The number of hydrogen-bond acceptors (Lipinski definition) is 5. The Morgan fingerprint density at radius 1 is 0.976 bits per heavy atom. The van der Waals surface area contributed by atoms with E-state index in [1.54, 1.807) is 11.8 Å². The molecule has 2 N–H and O–H groups in total. The molecule has 1 heterocycles. The smallest absolute Gasteiger partial charge is 0.162 e. The van der Waals surface area contributed by atoms with E-state index < -0.39 is 5.92 Å². The van der Waals surface area contributed by atoms with Crippen molar-refractivity contribution in [2.24, 2.45) is 11.1 Å². The minimum Gasteiger partial charge on any atom is -0.384 e.